The number of nitrogens with zero attached hydrogens (tertiary/aromatic N) is 3. The van der Waals surface area contributed by atoms with Gasteiger partial charge in [-0.25, -0.2) is 9.69 Å². The molecule has 0 aromatic heterocycles. The molecule has 1 aliphatic heterocycles. The molecule has 0 aliphatic carbocycles. The Labute approximate surface area is 154 Å². The highest BCUT2D eigenvalue weighted by atomic mass is 16.5. The molecule has 1 saturated heterocycles. The van der Waals surface area contributed by atoms with Crippen LogP contribution < -0.4 is 15.0 Å². The van der Waals surface area contributed by atoms with Crippen molar-refractivity contribution in [3.63, 3.8) is 0 Å². The van der Waals surface area contributed by atoms with E-state index in [1.54, 1.807) is 42.5 Å². The molecule has 1 heterocycles. The number of carbonyl (C=O) groups is 3. The average Bonchev–Trinajstić information content (AvgIpc) is 2.68. The summed E-state index contributed by atoms with van der Waals surface area (Å²) in [5, 5.41) is 11.2. The second-order valence-corrected chi connectivity index (χ2v) is 5.52. The van der Waals surface area contributed by atoms with Gasteiger partial charge in [0.25, 0.3) is 5.91 Å². The van der Waals surface area contributed by atoms with Gasteiger partial charge in [0.1, 0.15) is 11.8 Å². The standard InChI is InChI=1S/C19H14N4O4/c1-27-16-9-5-4-8-15(16)23-18(25)13(17(24)22-19(23)26)11-21-14-7-3-2-6-12(14)10-20/h2-9,11,13H,1H3,(H,22,24,26)/t13-/m0/s1. The van der Waals surface area contributed by atoms with E-state index in [-0.39, 0.29) is 5.69 Å². The third-order valence-electron chi connectivity index (χ3n) is 3.92. The number of nitriles is 1. The maximum absolute atomic E-state index is 12.8. The average molecular weight is 362 g/mol. The maximum Gasteiger partial charge on any atom is 0.335 e. The Morgan fingerprint density at radius 1 is 1.15 bits per heavy atom. The Bertz CT molecular complexity index is 993. The zero-order valence-electron chi connectivity index (χ0n) is 14.2. The van der Waals surface area contributed by atoms with E-state index in [0.29, 0.717) is 17.0 Å². The number of imide groups is 2. The number of urea groups is 1. The smallest absolute Gasteiger partial charge is 0.335 e. The molecule has 8 heteroatoms. The fraction of sp³-hybridized carbons (Fsp3) is 0.105. The molecule has 0 bridgehead atoms. The summed E-state index contributed by atoms with van der Waals surface area (Å²) < 4.78 is 5.19. The van der Waals surface area contributed by atoms with Crippen LogP contribution in [-0.4, -0.2) is 31.2 Å². The Hall–Kier alpha value is -3.99. The lowest BCUT2D eigenvalue weighted by Crippen LogP contribution is -2.58. The van der Waals surface area contributed by atoms with Crippen LogP contribution in [0.1, 0.15) is 5.56 Å². The molecule has 27 heavy (non-hydrogen) atoms. The molecular weight excluding hydrogens is 348 g/mol. The van der Waals surface area contributed by atoms with Crippen LogP contribution in [0.25, 0.3) is 0 Å². The van der Waals surface area contributed by atoms with Crippen LogP contribution in [0.5, 0.6) is 5.75 Å². The molecule has 0 saturated carbocycles. The van der Waals surface area contributed by atoms with E-state index in [0.717, 1.165) is 11.1 Å². The topological polar surface area (TPSA) is 112 Å². The summed E-state index contributed by atoms with van der Waals surface area (Å²) in [5.74, 6) is -2.55. The molecule has 134 valence electrons. The fourth-order valence-corrected chi connectivity index (χ4v) is 2.60. The van der Waals surface area contributed by atoms with Crippen molar-refractivity contribution in [3.8, 4) is 11.8 Å². The molecule has 0 spiro atoms. The van der Waals surface area contributed by atoms with Gasteiger partial charge in [0, 0.05) is 6.21 Å². The second-order valence-electron chi connectivity index (χ2n) is 5.52. The molecular formula is C19H14N4O4. The number of ether oxygens (including phenoxy) is 1. The molecule has 1 aliphatic rings. The van der Waals surface area contributed by atoms with E-state index in [1.807, 2.05) is 6.07 Å². The van der Waals surface area contributed by atoms with E-state index in [4.69, 9.17) is 10.00 Å². The number of para-hydroxylation sites is 3. The number of benzene rings is 2. The maximum atomic E-state index is 12.8. The molecule has 0 radical (unpaired) electrons. The van der Waals surface area contributed by atoms with Crippen molar-refractivity contribution in [1.82, 2.24) is 5.32 Å². The number of hydrogen-bond donors (Lipinski definition) is 1. The van der Waals surface area contributed by atoms with Crippen molar-refractivity contribution in [3.05, 3.63) is 54.1 Å². The van der Waals surface area contributed by atoms with Gasteiger partial charge < -0.3 is 4.74 Å². The zero-order chi connectivity index (χ0) is 19.4. The molecule has 8 nitrogen and oxygen atoms in total. The molecule has 0 unspecified atom stereocenters. The fourth-order valence-electron chi connectivity index (χ4n) is 2.60. The summed E-state index contributed by atoms with van der Waals surface area (Å²) in [7, 11) is 1.41. The molecule has 1 N–H and O–H groups in total. The minimum Gasteiger partial charge on any atom is -0.495 e. The molecule has 2 aromatic rings. The number of nitrogens with one attached hydrogen (secondary N) is 1. The van der Waals surface area contributed by atoms with Crippen LogP contribution in [0.3, 0.4) is 0 Å². The third-order valence-corrected chi connectivity index (χ3v) is 3.92. The molecule has 1 fully saturated rings. The molecule has 4 amide bonds. The van der Waals surface area contributed by atoms with Gasteiger partial charge in [-0.2, -0.15) is 5.26 Å². The van der Waals surface area contributed by atoms with E-state index in [1.165, 1.54) is 13.2 Å². The summed E-state index contributed by atoms with van der Waals surface area (Å²) in [6.07, 6.45) is 1.13. The van der Waals surface area contributed by atoms with Crippen molar-refractivity contribution in [2.75, 3.05) is 12.0 Å². The van der Waals surface area contributed by atoms with Crippen LogP contribution in [0.15, 0.2) is 53.5 Å². The number of rotatable bonds is 4. The summed E-state index contributed by atoms with van der Waals surface area (Å²) in [6.45, 7) is 0. The Morgan fingerprint density at radius 2 is 1.85 bits per heavy atom. The minimum absolute atomic E-state index is 0.214. The Kier molecular flexibility index (Phi) is 4.95. The predicted octanol–water partition coefficient (Wildman–Crippen LogP) is 2.17. The van der Waals surface area contributed by atoms with Gasteiger partial charge in [-0.3, -0.25) is 19.9 Å². The van der Waals surface area contributed by atoms with Crippen LogP contribution in [0.4, 0.5) is 16.2 Å². The molecule has 2 aromatic carbocycles. The number of carbonyl (C=O) groups excluding carboxylic acids is 3. The first-order valence-corrected chi connectivity index (χ1v) is 7.92. The van der Waals surface area contributed by atoms with Crippen molar-refractivity contribution >= 4 is 35.4 Å². The second kappa shape index (κ2) is 7.49. The largest absolute Gasteiger partial charge is 0.495 e. The molecule has 3 rings (SSSR count). The Balaban J connectivity index is 1.96. The van der Waals surface area contributed by atoms with Crippen LogP contribution in [-0.2, 0) is 9.59 Å². The van der Waals surface area contributed by atoms with Crippen molar-refractivity contribution < 1.29 is 19.1 Å². The Morgan fingerprint density at radius 3 is 2.59 bits per heavy atom. The lowest BCUT2D eigenvalue weighted by Gasteiger charge is -2.29. The summed E-state index contributed by atoms with van der Waals surface area (Å²) >= 11 is 0. The zero-order valence-corrected chi connectivity index (χ0v) is 14.2. The van der Waals surface area contributed by atoms with Gasteiger partial charge >= 0.3 is 6.03 Å². The van der Waals surface area contributed by atoms with Crippen molar-refractivity contribution in [2.24, 2.45) is 10.9 Å². The lowest BCUT2D eigenvalue weighted by molar-refractivity contribution is -0.131. The quantitative estimate of drug-likeness (QED) is 0.662. The van der Waals surface area contributed by atoms with Gasteiger partial charge in [-0.05, 0) is 24.3 Å². The number of anilines is 1. The summed E-state index contributed by atoms with van der Waals surface area (Å²) in [6, 6.07) is 14.1. The van der Waals surface area contributed by atoms with Gasteiger partial charge in [-0.15, -0.1) is 0 Å². The molecule has 1 atom stereocenters. The van der Waals surface area contributed by atoms with Crippen LogP contribution in [0, 0.1) is 17.2 Å². The predicted molar refractivity (Wildman–Crippen MR) is 96.8 cm³/mol. The summed E-state index contributed by atoms with van der Waals surface area (Å²) in [5.41, 5.74) is 0.835. The van der Waals surface area contributed by atoms with Gasteiger partial charge in [0.2, 0.25) is 5.91 Å². The van der Waals surface area contributed by atoms with Gasteiger partial charge in [0.05, 0.1) is 24.0 Å². The SMILES string of the molecule is COc1ccccc1N1C(=O)NC(=O)[C@H](C=Nc2ccccc2C#N)C1=O. The lowest BCUT2D eigenvalue weighted by atomic mass is 10.1. The minimum atomic E-state index is -1.32. The van der Waals surface area contributed by atoms with E-state index < -0.39 is 23.8 Å². The van der Waals surface area contributed by atoms with Gasteiger partial charge in [-0.1, -0.05) is 24.3 Å². The first-order valence-electron chi connectivity index (χ1n) is 7.92. The third kappa shape index (κ3) is 3.39. The number of amides is 4. The summed E-state index contributed by atoms with van der Waals surface area (Å²) in [4.78, 5) is 42.2. The number of hydrogen-bond acceptors (Lipinski definition) is 6. The van der Waals surface area contributed by atoms with E-state index >= 15 is 0 Å². The highest BCUT2D eigenvalue weighted by Crippen LogP contribution is 2.30. The van der Waals surface area contributed by atoms with Gasteiger partial charge in [0.15, 0.2) is 5.92 Å². The highest BCUT2D eigenvalue weighted by Gasteiger charge is 2.41. The van der Waals surface area contributed by atoms with Crippen molar-refractivity contribution in [2.45, 2.75) is 0 Å². The van der Waals surface area contributed by atoms with Crippen LogP contribution in [0.2, 0.25) is 0 Å². The van der Waals surface area contributed by atoms with E-state index in [9.17, 15) is 14.4 Å². The first kappa shape index (κ1) is 17.8. The first-order chi connectivity index (χ1) is 13.1. The van der Waals surface area contributed by atoms with Crippen molar-refractivity contribution in [1.29, 1.82) is 5.26 Å². The van der Waals surface area contributed by atoms with Crippen LogP contribution >= 0.6 is 0 Å². The van der Waals surface area contributed by atoms with E-state index in [2.05, 4.69) is 10.3 Å². The monoisotopic (exact) mass is 362 g/mol. The normalized spacial score (nSPS) is 17.0. The number of barbiturate groups is 1. The number of methoxy groups -OCH3 is 1. The number of aliphatic imine (C=N–C) groups is 1. The highest BCUT2D eigenvalue weighted by molar-refractivity contribution is 6.33.